The van der Waals surface area contributed by atoms with E-state index >= 15 is 0 Å². The van der Waals surface area contributed by atoms with E-state index in [4.69, 9.17) is 0 Å². The molecule has 1 aromatic heterocycles. The molecule has 0 radical (unpaired) electrons. The lowest BCUT2D eigenvalue weighted by Gasteiger charge is -2.41. The van der Waals surface area contributed by atoms with Crippen LogP contribution in [0.3, 0.4) is 0 Å². The van der Waals surface area contributed by atoms with Gasteiger partial charge in [0.2, 0.25) is 5.91 Å². The molecule has 6 heteroatoms. The summed E-state index contributed by atoms with van der Waals surface area (Å²) in [7, 11) is 0. The topological polar surface area (TPSA) is 62.5 Å². The number of amides is 1. The van der Waals surface area contributed by atoms with Gasteiger partial charge in [-0.05, 0) is 37.3 Å². The van der Waals surface area contributed by atoms with Crippen LogP contribution in [0.4, 0.5) is 0 Å². The second-order valence-electron chi connectivity index (χ2n) is 7.06. The summed E-state index contributed by atoms with van der Waals surface area (Å²) < 4.78 is 4.68. The van der Waals surface area contributed by atoms with Crippen molar-refractivity contribution < 1.29 is 9.42 Å². The Morgan fingerprint density at radius 1 is 1.16 bits per heavy atom. The first-order valence-electron chi connectivity index (χ1n) is 9.07. The number of hydrogen-bond acceptors (Lipinski definition) is 5. The van der Waals surface area contributed by atoms with Crippen molar-refractivity contribution >= 4 is 5.91 Å². The second-order valence-corrected chi connectivity index (χ2v) is 7.06. The fourth-order valence-electron chi connectivity index (χ4n) is 3.99. The number of aryl methyl sites for hydroxylation is 2. The van der Waals surface area contributed by atoms with E-state index < -0.39 is 0 Å². The Morgan fingerprint density at radius 3 is 2.64 bits per heavy atom. The predicted molar refractivity (Wildman–Crippen MR) is 93.1 cm³/mol. The number of aromatic nitrogens is 2. The van der Waals surface area contributed by atoms with Crippen molar-refractivity contribution in [3.8, 4) is 0 Å². The first-order chi connectivity index (χ1) is 12.2. The van der Waals surface area contributed by atoms with E-state index in [1.807, 2.05) is 11.8 Å². The maximum Gasteiger partial charge on any atom is 0.228 e. The smallest absolute Gasteiger partial charge is 0.228 e. The normalized spacial score (nSPS) is 21.2. The van der Waals surface area contributed by atoms with Gasteiger partial charge < -0.3 is 4.90 Å². The Labute approximate surface area is 147 Å². The number of benzene rings is 1. The van der Waals surface area contributed by atoms with E-state index in [0.29, 0.717) is 17.4 Å². The zero-order valence-electron chi connectivity index (χ0n) is 14.6. The van der Waals surface area contributed by atoms with Crippen LogP contribution >= 0.6 is 0 Å². The molecule has 0 N–H and O–H groups in total. The van der Waals surface area contributed by atoms with Crippen LogP contribution in [0.2, 0.25) is 0 Å². The van der Waals surface area contributed by atoms with Crippen LogP contribution in [0.1, 0.15) is 28.9 Å². The van der Waals surface area contributed by atoms with E-state index in [2.05, 4.69) is 44.1 Å². The van der Waals surface area contributed by atoms with Crippen molar-refractivity contribution in [2.45, 2.75) is 38.6 Å². The summed E-state index contributed by atoms with van der Waals surface area (Å²) in [6.07, 6.45) is 3.80. The highest BCUT2D eigenvalue weighted by atomic mass is 16.6. The fourth-order valence-corrected chi connectivity index (χ4v) is 3.99. The molecule has 6 nitrogen and oxygen atoms in total. The van der Waals surface area contributed by atoms with E-state index in [1.165, 1.54) is 24.0 Å². The maximum absolute atomic E-state index is 12.5. The van der Waals surface area contributed by atoms with Crippen LogP contribution in [0.15, 0.2) is 28.9 Å². The molecule has 25 heavy (non-hydrogen) atoms. The monoisotopic (exact) mass is 340 g/mol. The first kappa shape index (κ1) is 16.3. The minimum Gasteiger partial charge on any atom is -0.340 e. The standard InChI is InChI=1S/C19H24N4O2/c1-14-18(21-25-20-14)13-19(24)23-10-8-22(9-11-23)17-7-6-15-4-2-3-5-16(15)12-17/h2-5,17H,6-13H2,1H3/t17-/m1/s1. The summed E-state index contributed by atoms with van der Waals surface area (Å²) in [6.45, 7) is 5.31. The minimum atomic E-state index is 0.118. The zero-order valence-corrected chi connectivity index (χ0v) is 14.6. The van der Waals surface area contributed by atoms with Crippen molar-refractivity contribution in [2.75, 3.05) is 26.2 Å². The number of nitrogens with zero attached hydrogens (tertiary/aromatic N) is 4. The predicted octanol–water partition coefficient (Wildman–Crippen LogP) is 1.62. The lowest BCUT2D eigenvalue weighted by molar-refractivity contribution is -0.132. The lowest BCUT2D eigenvalue weighted by atomic mass is 9.87. The minimum absolute atomic E-state index is 0.118. The zero-order chi connectivity index (χ0) is 17.2. The second kappa shape index (κ2) is 6.96. The van der Waals surface area contributed by atoms with Crippen molar-refractivity contribution in [2.24, 2.45) is 0 Å². The molecule has 1 aliphatic carbocycles. The molecule has 0 unspecified atom stereocenters. The number of carbonyl (C=O) groups is 1. The van der Waals surface area contributed by atoms with Gasteiger partial charge in [-0.25, -0.2) is 4.63 Å². The number of fused-ring (bicyclic) bond motifs is 1. The van der Waals surface area contributed by atoms with Crippen molar-refractivity contribution in [3.05, 3.63) is 46.8 Å². The number of rotatable bonds is 3. The molecule has 2 aliphatic rings. The molecule has 1 aliphatic heterocycles. The average molecular weight is 340 g/mol. The largest absolute Gasteiger partial charge is 0.340 e. The van der Waals surface area contributed by atoms with Gasteiger partial charge in [-0.3, -0.25) is 9.69 Å². The Balaban J connectivity index is 1.31. The average Bonchev–Trinajstić information content (AvgIpc) is 3.06. The Bertz CT molecular complexity index is 749. The first-order valence-corrected chi connectivity index (χ1v) is 9.07. The molecule has 1 fully saturated rings. The third-order valence-corrected chi connectivity index (χ3v) is 5.57. The van der Waals surface area contributed by atoms with Crippen LogP contribution in [-0.2, 0) is 24.1 Å². The number of hydrogen-bond donors (Lipinski definition) is 0. The van der Waals surface area contributed by atoms with Crippen molar-refractivity contribution in [1.82, 2.24) is 20.1 Å². The molecule has 1 atom stereocenters. The summed E-state index contributed by atoms with van der Waals surface area (Å²) >= 11 is 0. The number of carbonyl (C=O) groups excluding carboxylic acids is 1. The molecular formula is C19H24N4O2. The lowest BCUT2D eigenvalue weighted by Crippen LogP contribution is -2.53. The van der Waals surface area contributed by atoms with Gasteiger partial charge in [0.25, 0.3) is 0 Å². The van der Waals surface area contributed by atoms with Gasteiger partial charge in [-0.2, -0.15) is 0 Å². The van der Waals surface area contributed by atoms with Crippen LogP contribution in [0.5, 0.6) is 0 Å². The summed E-state index contributed by atoms with van der Waals surface area (Å²) in [5.41, 5.74) is 4.35. The van der Waals surface area contributed by atoms with Crippen LogP contribution in [0, 0.1) is 6.92 Å². The van der Waals surface area contributed by atoms with Crippen LogP contribution in [0.25, 0.3) is 0 Å². The molecule has 1 amide bonds. The maximum atomic E-state index is 12.5. The van der Waals surface area contributed by atoms with Crippen LogP contribution < -0.4 is 0 Å². The SMILES string of the molecule is Cc1nonc1CC(=O)N1CCN([C@@H]2CCc3ccccc3C2)CC1. The van der Waals surface area contributed by atoms with Gasteiger partial charge >= 0.3 is 0 Å². The Morgan fingerprint density at radius 2 is 1.92 bits per heavy atom. The molecule has 1 saturated heterocycles. The van der Waals surface area contributed by atoms with Crippen molar-refractivity contribution in [1.29, 1.82) is 0 Å². The molecule has 2 heterocycles. The van der Waals surface area contributed by atoms with E-state index in [-0.39, 0.29) is 12.3 Å². The number of piperazine rings is 1. The summed E-state index contributed by atoms with van der Waals surface area (Å²) in [5.74, 6) is 0.118. The molecule has 0 bridgehead atoms. The van der Waals surface area contributed by atoms with Gasteiger partial charge in [0.1, 0.15) is 11.4 Å². The molecule has 0 spiro atoms. The molecule has 1 aromatic carbocycles. The molecule has 0 saturated carbocycles. The fraction of sp³-hybridized carbons (Fsp3) is 0.526. The highest BCUT2D eigenvalue weighted by molar-refractivity contribution is 5.78. The molecule has 2 aromatic rings. The van der Waals surface area contributed by atoms with Crippen LogP contribution in [-0.4, -0.2) is 58.2 Å². The van der Waals surface area contributed by atoms with Gasteiger partial charge in [0.05, 0.1) is 6.42 Å². The summed E-state index contributed by atoms with van der Waals surface area (Å²) in [4.78, 5) is 17.0. The third-order valence-electron chi connectivity index (χ3n) is 5.57. The third kappa shape index (κ3) is 3.44. The van der Waals surface area contributed by atoms with Crippen molar-refractivity contribution in [3.63, 3.8) is 0 Å². The summed E-state index contributed by atoms with van der Waals surface area (Å²) in [6, 6.07) is 9.39. The van der Waals surface area contributed by atoms with E-state index in [1.54, 1.807) is 0 Å². The van der Waals surface area contributed by atoms with Gasteiger partial charge in [-0.15, -0.1) is 0 Å². The highest BCUT2D eigenvalue weighted by Gasteiger charge is 2.29. The quantitative estimate of drug-likeness (QED) is 0.850. The Hall–Kier alpha value is -2.21. The Kier molecular flexibility index (Phi) is 4.53. The van der Waals surface area contributed by atoms with Gasteiger partial charge in [0.15, 0.2) is 0 Å². The highest BCUT2D eigenvalue weighted by Crippen LogP contribution is 2.25. The van der Waals surface area contributed by atoms with Gasteiger partial charge in [0, 0.05) is 32.2 Å². The van der Waals surface area contributed by atoms with Gasteiger partial charge in [-0.1, -0.05) is 34.6 Å². The summed E-state index contributed by atoms with van der Waals surface area (Å²) in [5, 5.41) is 7.56. The van der Waals surface area contributed by atoms with E-state index in [9.17, 15) is 4.79 Å². The van der Waals surface area contributed by atoms with E-state index in [0.717, 1.165) is 32.6 Å². The molecular weight excluding hydrogens is 316 g/mol. The molecule has 4 rings (SSSR count). The molecule has 132 valence electrons.